The van der Waals surface area contributed by atoms with Gasteiger partial charge < -0.3 is 9.47 Å². The maximum absolute atomic E-state index is 13.5. The predicted octanol–water partition coefficient (Wildman–Crippen LogP) is 4.34. The monoisotopic (exact) mass is 531 g/mol. The van der Waals surface area contributed by atoms with Gasteiger partial charge in [-0.3, -0.25) is 18.7 Å². The number of nitrogens with zero attached hydrogens (tertiary/aromatic N) is 1. The molecule has 0 saturated carbocycles. The number of carbonyl (C=O) groups excluding carboxylic acids is 2. The lowest BCUT2D eigenvalue weighted by Crippen LogP contribution is -2.42. The maximum Gasteiger partial charge on any atom is 0.264 e. The van der Waals surface area contributed by atoms with E-state index < -0.39 is 10.1 Å². The lowest BCUT2D eigenvalue weighted by molar-refractivity contribution is 0.0275. The van der Waals surface area contributed by atoms with E-state index in [1.807, 2.05) is 36.4 Å². The van der Waals surface area contributed by atoms with E-state index in [9.17, 15) is 18.0 Å². The van der Waals surface area contributed by atoms with Crippen LogP contribution in [-0.2, 0) is 23.8 Å². The smallest absolute Gasteiger partial charge is 0.264 e. The van der Waals surface area contributed by atoms with Crippen LogP contribution < -0.4 is 0 Å². The highest BCUT2D eigenvalue weighted by molar-refractivity contribution is 7.85. The van der Waals surface area contributed by atoms with Crippen molar-refractivity contribution in [1.82, 2.24) is 4.90 Å². The van der Waals surface area contributed by atoms with Crippen molar-refractivity contribution >= 4 is 65.0 Å². The quantitative estimate of drug-likeness (QED) is 0.0869. The minimum atomic E-state index is -3.49. The molecule has 6 rings (SSSR count). The van der Waals surface area contributed by atoms with Crippen LogP contribution in [-0.4, -0.2) is 71.0 Å². The Morgan fingerprint density at radius 1 is 0.632 bits per heavy atom. The normalized spacial score (nSPS) is 14.1. The van der Waals surface area contributed by atoms with Gasteiger partial charge in [-0.2, -0.15) is 8.42 Å². The summed E-state index contributed by atoms with van der Waals surface area (Å²) in [6.45, 7) is 0.788. The SMILES string of the molecule is CS(=O)(=O)OCCOCCOCCN1C(=O)c2ccc3c4cccc5cccc(c6ccc(c2c36)C1=O)c54. The Bertz CT molecular complexity index is 1730. The summed E-state index contributed by atoms with van der Waals surface area (Å²) < 4.78 is 37.3. The molecule has 1 heterocycles. The second-order valence-electron chi connectivity index (χ2n) is 9.29. The molecule has 0 aliphatic carbocycles. The van der Waals surface area contributed by atoms with E-state index in [4.69, 9.17) is 9.47 Å². The van der Waals surface area contributed by atoms with Gasteiger partial charge >= 0.3 is 0 Å². The highest BCUT2D eigenvalue weighted by Crippen LogP contribution is 2.43. The van der Waals surface area contributed by atoms with Crippen molar-refractivity contribution in [1.29, 1.82) is 0 Å². The zero-order chi connectivity index (χ0) is 26.4. The van der Waals surface area contributed by atoms with Gasteiger partial charge in [0.1, 0.15) is 0 Å². The molecule has 194 valence electrons. The van der Waals surface area contributed by atoms with E-state index >= 15 is 0 Å². The third kappa shape index (κ3) is 4.17. The average Bonchev–Trinajstić information content (AvgIpc) is 2.90. The van der Waals surface area contributed by atoms with Gasteiger partial charge in [0.05, 0.1) is 45.8 Å². The van der Waals surface area contributed by atoms with Crippen LogP contribution in [0.5, 0.6) is 0 Å². The number of imide groups is 1. The molecule has 0 aromatic heterocycles. The molecule has 0 bridgehead atoms. The van der Waals surface area contributed by atoms with Crippen molar-refractivity contribution in [3.63, 3.8) is 0 Å². The minimum Gasteiger partial charge on any atom is -0.377 e. The van der Waals surface area contributed by atoms with Crippen LogP contribution in [0.3, 0.4) is 0 Å². The number of hydrogen-bond acceptors (Lipinski definition) is 7. The van der Waals surface area contributed by atoms with Crippen LogP contribution >= 0.6 is 0 Å². The van der Waals surface area contributed by atoms with Gasteiger partial charge in [0.25, 0.3) is 21.9 Å². The van der Waals surface area contributed by atoms with E-state index in [0.29, 0.717) is 16.5 Å². The predicted molar refractivity (Wildman–Crippen MR) is 145 cm³/mol. The Labute approximate surface area is 219 Å². The van der Waals surface area contributed by atoms with E-state index in [-0.39, 0.29) is 51.4 Å². The molecule has 0 fully saturated rings. The molecular weight excluding hydrogens is 506 g/mol. The summed E-state index contributed by atoms with van der Waals surface area (Å²) in [5.41, 5.74) is 1.03. The molecule has 0 atom stereocenters. The third-order valence-corrected chi connectivity index (χ3v) is 7.55. The first-order valence-electron chi connectivity index (χ1n) is 12.3. The fourth-order valence-electron chi connectivity index (χ4n) is 5.40. The van der Waals surface area contributed by atoms with Crippen LogP contribution in [0.2, 0.25) is 0 Å². The summed E-state index contributed by atoms with van der Waals surface area (Å²) in [6, 6.07) is 20.1. The number of amides is 2. The summed E-state index contributed by atoms with van der Waals surface area (Å²) in [6.07, 6.45) is 0.976. The average molecular weight is 532 g/mol. The second kappa shape index (κ2) is 9.59. The number of ether oxygens (including phenoxy) is 2. The Morgan fingerprint density at radius 2 is 1.16 bits per heavy atom. The van der Waals surface area contributed by atoms with Crippen LogP contribution in [0.1, 0.15) is 20.7 Å². The van der Waals surface area contributed by atoms with Crippen molar-refractivity contribution in [2.45, 2.75) is 0 Å². The highest BCUT2D eigenvalue weighted by atomic mass is 32.2. The number of carbonyl (C=O) groups is 2. The first-order chi connectivity index (χ1) is 18.3. The van der Waals surface area contributed by atoms with Crippen LogP contribution in [0.15, 0.2) is 60.7 Å². The Hall–Kier alpha value is -3.63. The van der Waals surface area contributed by atoms with Gasteiger partial charge in [-0.1, -0.05) is 48.5 Å². The zero-order valence-corrected chi connectivity index (χ0v) is 21.5. The van der Waals surface area contributed by atoms with Gasteiger partial charge in [0, 0.05) is 16.5 Å². The number of rotatable bonds is 10. The summed E-state index contributed by atoms with van der Waals surface area (Å²) in [5.74, 6) is -0.665. The molecule has 0 N–H and O–H groups in total. The summed E-state index contributed by atoms with van der Waals surface area (Å²) in [7, 11) is -3.49. The topological polar surface area (TPSA) is 99.2 Å². The fourth-order valence-corrected chi connectivity index (χ4v) is 5.77. The van der Waals surface area contributed by atoms with E-state index in [0.717, 1.165) is 38.6 Å². The number of fused-ring (bicyclic) bond motifs is 2. The zero-order valence-electron chi connectivity index (χ0n) is 20.7. The van der Waals surface area contributed by atoms with Gasteiger partial charge in [-0.15, -0.1) is 0 Å². The van der Waals surface area contributed by atoms with E-state index in [2.05, 4.69) is 28.4 Å². The summed E-state index contributed by atoms with van der Waals surface area (Å²) in [4.78, 5) is 28.2. The lowest BCUT2D eigenvalue weighted by Gasteiger charge is -2.28. The fraction of sp³-hybridized carbons (Fsp3) is 0.241. The molecule has 0 saturated heterocycles. The third-order valence-electron chi connectivity index (χ3n) is 6.95. The molecule has 2 amide bonds. The van der Waals surface area contributed by atoms with Crippen molar-refractivity contribution in [2.75, 3.05) is 45.8 Å². The molecule has 8 nitrogen and oxygen atoms in total. The second-order valence-corrected chi connectivity index (χ2v) is 10.9. The van der Waals surface area contributed by atoms with Crippen molar-refractivity contribution in [3.05, 3.63) is 71.8 Å². The Kier molecular flexibility index (Phi) is 6.23. The molecule has 5 aromatic rings. The largest absolute Gasteiger partial charge is 0.377 e. The van der Waals surface area contributed by atoms with Gasteiger partial charge in [0.15, 0.2) is 0 Å². The van der Waals surface area contributed by atoms with E-state index in [1.54, 1.807) is 0 Å². The molecule has 0 unspecified atom stereocenters. The van der Waals surface area contributed by atoms with Crippen LogP contribution in [0.4, 0.5) is 0 Å². The minimum absolute atomic E-state index is 0.0648. The molecule has 0 spiro atoms. The first-order valence-corrected chi connectivity index (χ1v) is 14.1. The maximum atomic E-state index is 13.5. The molecule has 5 aromatic carbocycles. The van der Waals surface area contributed by atoms with E-state index in [1.165, 1.54) is 10.3 Å². The molecule has 0 radical (unpaired) electrons. The lowest BCUT2D eigenvalue weighted by atomic mass is 9.85. The van der Waals surface area contributed by atoms with Crippen LogP contribution in [0.25, 0.3) is 43.1 Å². The first kappa shape index (κ1) is 24.7. The Morgan fingerprint density at radius 3 is 1.74 bits per heavy atom. The number of benzene rings is 5. The molecule has 1 aliphatic heterocycles. The molecule has 9 heteroatoms. The van der Waals surface area contributed by atoms with Gasteiger partial charge in [-0.25, -0.2) is 0 Å². The van der Waals surface area contributed by atoms with Crippen LogP contribution in [0, 0.1) is 0 Å². The van der Waals surface area contributed by atoms with Gasteiger partial charge in [-0.05, 0) is 49.8 Å². The molecule has 38 heavy (non-hydrogen) atoms. The van der Waals surface area contributed by atoms with Gasteiger partial charge in [0.2, 0.25) is 0 Å². The summed E-state index contributed by atoms with van der Waals surface area (Å²) in [5, 5.41) is 8.28. The van der Waals surface area contributed by atoms with Crippen molar-refractivity contribution in [2.24, 2.45) is 0 Å². The van der Waals surface area contributed by atoms with Crippen molar-refractivity contribution in [3.8, 4) is 0 Å². The molecule has 1 aliphatic rings. The standard InChI is InChI=1S/C29H25NO7S/c1-38(33,34)37-17-16-36-15-14-35-13-12-30-28(31)23-10-8-21-19-6-2-4-18-5-3-7-20(25(18)19)22-9-11-24(29(30)32)27(23)26(21)22/h2-11H,12-17H2,1H3. The highest BCUT2D eigenvalue weighted by Gasteiger charge is 2.33. The van der Waals surface area contributed by atoms with Crippen molar-refractivity contribution < 1.29 is 31.7 Å². The summed E-state index contributed by atoms with van der Waals surface area (Å²) >= 11 is 0. The number of hydrogen-bond donors (Lipinski definition) is 0. The molecular formula is C29H25NO7S. The Balaban J connectivity index is 1.22.